The minimum absolute atomic E-state index is 0.171. The first-order chi connectivity index (χ1) is 8.09. The molecule has 1 aromatic rings. The predicted octanol–water partition coefficient (Wildman–Crippen LogP) is 0.882. The monoisotopic (exact) mass is 240 g/mol. The van der Waals surface area contributed by atoms with Gasteiger partial charge in [0, 0.05) is 6.54 Å². The highest BCUT2D eigenvalue weighted by Crippen LogP contribution is 2.21. The fraction of sp³-hybridized carbons (Fsp3) is 0.455. The molecule has 2 rings (SSSR count). The topological polar surface area (TPSA) is 75.1 Å². The summed E-state index contributed by atoms with van der Waals surface area (Å²) in [5.41, 5.74) is -0.778. The number of hydrogen-bond acceptors (Lipinski definition) is 3. The zero-order valence-electron chi connectivity index (χ0n) is 9.20. The third-order valence-electron chi connectivity index (χ3n) is 2.91. The maximum Gasteiger partial charge on any atom is 0.331 e. The Hall–Kier alpha value is -1.85. The summed E-state index contributed by atoms with van der Waals surface area (Å²) >= 11 is 0. The number of H-pyrrole nitrogens is 1. The highest BCUT2D eigenvalue weighted by Gasteiger charge is 2.14. The van der Waals surface area contributed by atoms with Crippen molar-refractivity contribution in [3.05, 3.63) is 38.3 Å². The number of allylic oxidation sites excluding steroid dienone is 2. The average molecular weight is 240 g/mol. The second-order valence-corrected chi connectivity index (χ2v) is 4.05. The molecule has 1 aliphatic carbocycles. The van der Waals surface area contributed by atoms with Crippen LogP contribution in [0.3, 0.4) is 0 Å². The van der Waals surface area contributed by atoms with Crippen molar-refractivity contribution in [2.45, 2.75) is 32.2 Å². The molecule has 1 heterocycles. The van der Waals surface area contributed by atoms with E-state index >= 15 is 0 Å². The third kappa shape index (κ3) is 2.30. The molecule has 0 saturated heterocycles. The van der Waals surface area contributed by atoms with Crippen LogP contribution in [-0.2, 0) is 6.54 Å². The fourth-order valence-corrected chi connectivity index (χ4v) is 1.96. The van der Waals surface area contributed by atoms with Crippen LogP contribution in [0.1, 0.15) is 25.7 Å². The van der Waals surface area contributed by atoms with E-state index in [0.29, 0.717) is 6.42 Å². The summed E-state index contributed by atoms with van der Waals surface area (Å²) in [6, 6.07) is 0. The molecule has 17 heavy (non-hydrogen) atoms. The van der Waals surface area contributed by atoms with Crippen molar-refractivity contribution >= 4 is 0 Å². The molecule has 0 fully saturated rings. The van der Waals surface area contributed by atoms with Gasteiger partial charge in [-0.05, 0) is 25.7 Å². The van der Waals surface area contributed by atoms with Gasteiger partial charge in [0.1, 0.15) is 0 Å². The van der Waals surface area contributed by atoms with Crippen LogP contribution in [0.2, 0.25) is 0 Å². The minimum atomic E-state index is -1.31. The Morgan fingerprint density at radius 2 is 2.24 bits per heavy atom. The lowest BCUT2D eigenvalue weighted by atomic mass is 10.2. The maximum absolute atomic E-state index is 13.1. The minimum Gasteiger partial charge on any atom is -0.492 e. The molecule has 0 unspecified atom stereocenters. The molecule has 0 radical (unpaired) electrons. The summed E-state index contributed by atoms with van der Waals surface area (Å²) in [6.45, 7) is 0.171. The third-order valence-corrected chi connectivity index (χ3v) is 2.91. The first-order valence-corrected chi connectivity index (χ1v) is 5.49. The summed E-state index contributed by atoms with van der Waals surface area (Å²) in [7, 11) is 0. The van der Waals surface area contributed by atoms with Crippen molar-refractivity contribution < 1.29 is 9.50 Å². The summed E-state index contributed by atoms with van der Waals surface area (Å²) in [6.07, 6.45) is 5.76. The van der Waals surface area contributed by atoms with Crippen LogP contribution in [0.4, 0.5) is 4.39 Å². The van der Waals surface area contributed by atoms with Gasteiger partial charge in [0.25, 0.3) is 5.56 Å². The first kappa shape index (κ1) is 11.6. The Labute approximate surface area is 96.2 Å². The highest BCUT2D eigenvalue weighted by molar-refractivity contribution is 5.11. The summed E-state index contributed by atoms with van der Waals surface area (Å²) in [5.74, 6) is -2.21. The first-order valence-electron chi connectivity index (χ1n) is 5.49. The van der Waals surface area contributed by atoms with E-state index in [1.165, 1.54) is 5.57 Å². The molecular formula is C11H13FN2O3. The van der Waals surface area contributed by atoms with Crippen LogP contribution in [0.5, 0.6) is 5.88 Å². The van der Waals surface area contributed by atoms with Gasteiger partial charge in [-0.3, -0.25) is 14.3 Å². The number of nitrogens with zero attached hydrogens (tertiary/aromatic N) is 1. The second kappa shape index (κ2) is 4.57. The standard InChI is InChI=1S/C11H13FN2O3/c12-8-9(15)13-11(17)14(10(8)16)6-5-7-3-1-2-4-7/h3,16H,1-2,4-6H2,(H,13,15,17). The summed E-state index contributed by atoms with van der Waals surface area (Å²) < 4.78 is 13.9. The zero-order chi connectivity index (χ0) is 12.4. The van der Waals surface area contributed by atoms with Gasteiger partial charge in [-0.2, -0.15) is 4.39 Å². The highest BCUT2D eigenvalue weighted by atomic mass is 19.1. The SMILES string of the molecule is O=c1[nH]c(=O)n(CCC2=CCCC2)c(O)c1F. The molecule has 0 spiro atoms. The molecule has 2 N–H and O–H groups in total. The van der Waals surface area contributed by atoms with Crippen molar-refractivity contribution in [2.75, 3.05) is 0 Å². The van der Waals surface area contributed by atoms with Crippen LogP contribution >= 0.6 is 0 Å². The van der Waals surface area contributed by atoms with E-state index in [9.17, 15) is 19.1 Å². The van der Waals surface area contributed by atoms with E-state index in [2.05, 4.69) is 6.08 Å². The van der Waals surface area contributed by atoms with Gasteiger partial charge in [-0.25, -0.2) is 4.79 Å². The zero-order valence-corrected chi connectivity index (χ0v) is 9.20. The van der Waals surface area contributed by atoms with Gasteiger partial charge in [0.2, 0.25) is 11.7 Å². The lowest BCUT2D eigenvalue weighted by Crippen LogP contribution is -2.32. The molecular weight excluding hydrogens is 227 g/mol. The van der Waals surface area contributed by atoms with E-state index in [1.807, 2.05) is 4.98 Å². The number of aromatic nitrogens is 2. The fourth-order valence-electron chi connectivity index (χ4n) is 1.96. The number of rotatable bonds is 3. The number of aromatic amines is 1. The predicted molar refractivity (Wildman–Crippen MR) is 59.5 cm³/mol. The van der Waals surface area contributed by atoms with Crippen LogP contribution in [-0.4, -0.2) is 14.7 Å². The summed E-state index contributed by atoms with van der Waals surface area (Å²) in [5, 5.41) is 9.38. The average Bonchev–Trinajstić information content (AvgIpc) is 2.79. The quantitative estimate of drug-likeness (QED) is 0.770. The smallest absolute Gasteiger partial charge is 0.331 e. The van der Waals surface area contributed by atoms with Gasteiger partial charge < -0.3 is 5.11 Å². The Morgan fingerprint density at radius 1 is 1.47 bits per heavy atom. The van der Waals surface area contributed by atoms with Crippen LogP contribution in [0, 0.1) is 5.82 Å². The van der Waals surface area contributed by atoms with Crippen LogP contribution < -0.4 is 11.2 Å². The molecule has 5 nitrogen and oxygen atoms in total. The lowest BCUT2D eigenvalue weighted by molar-refractivity contribution is 0.360. The second-order valence-electron chi connectivity index (χ2n) is 4.05. The van der Waals surface area contributed by atoms with Crippen molar-refractivity contribution in [3.63, 3.8) is 0 Å². The lowest BCUT2D eigenvalue weighted by Gasteiger charge is -2.08. The molecule has 92 valence electrons. The Kier molecular flexibility index (Phi) is 3.12. The Balaban J connectivity index is 2.24. The van der Waals surface area contributed by atoms with E-state index in [0.717, 1.165) is 23.8 Å². The largest absolute Gasteiger partial charge is 0.492 e. The molecule has 0 atom stereocenters. The number of halogens is 1. The van der Waals surface area contributed by atoms with Gasteiger partial charge in [0.15, 0.2) is 0 Å². The molecule has 0 aromatic carbocycles. The number of aromatic hydroxyl groups is 1. The van der Waals surface area contributed by atoms with E-state index in [1.54, 1.807) is 0 Å². The number of hydrogen-bond donors (Lipinski definition) is 2. The molecule has 6 heteroatoms. The molecule has 0 bridgehead atoms. The maximum atomic E-state index is 13.1. The molecule has 1 aromatic heterocycles. The van der Waals surface area contributed by atoms with Crippen molar-refractivity contribution in [1.82, 2.24) is 9.55 Å². The molecule has 0 amide bonds. The molecule has 1 aliphatic rings. The van der Waals surface area contributed by atoms with E-state index < -0.39 is 22.9 Å². The van der Waals surface area contributed by atoms with E-state index in [-0.39, 0.29) is 6.54 Å². The van der Waals surface area contributed by atoms with Crippen molar-refractivity contribution in [1.29, 1.82) is 0 Å². The Morgan fingerprint density at radius 3 is 2.88 bits per heavy atom. The molecule has 0 aliphatic heterocycles. The Bertz CT molecular complexity index is 571. The normalized spacial score (nSPS) is 15.0. The van der Waals surface area contributed by atoms with E-state index in [4.69, 9.17) is 0 Å². The van der Waals surface area contributed by atoms with Crippen molar-refractivity contribution in [2.24, 2.45) is 0 Å². The van der Waals surface area contributed by atoms with Gasteiger partial charge in [0.05, 0.1) is 0 Å². The number of nitrogens with one attached hydrogen (secondary N) is 1. The van der Waals surface area contributed by atoms with Crippen LogP contribution in [0.25, 0.3) is 0 Å². The van der Waals surface area contributed by atoms with Crippen molar-refractivity contribution in [3.8, 4) is 5.88 Å². The van der Waals surface area contributed by atoms with Gasteiger partial charge in [-0.1, -0.05) is 11.6 Å². The van der Waals surface area contributed by atoms with Crippen LogP contribution in [0.15, 0.2) is 21.2 Å². The summed E-state index contributed by atoms with van der Waals surface area (Å²) in [4.78, 5) is 24.1. The van der Waals surface area contributed by atoms with Gasteiger partial charge in [-0.15, -0.1) is 0 Å². The van der Waals surface area contributed by atoms with Gasteiger partial charge >= 0.3 is 5.69 Å². The molecule has 0 saturated carbocycles.